The van der Waals surface area contributed by atoms with E-state index < -0.39 is 5.76 Å². The smallest absolute Gasteiger partial charge is 0.408 e. The maximum absolute atomic E-state index is 11.2. The Kier molecular flexibility index (Phi) is 3.54. The first-order valence-corrected chi connectivity index (χ1v) is 7.41. The molecule has 1 aromatic carbocycles. The van der Waals surface area contributed by atoms with Crippen LogP contribution in [0.2, 0.25) is 0 Å². The van der Waals surface area contributed by atoms with Crippen LogP contribution in [0.3, 0.4) is 0 Å². The van der Waals surface area contributed by atoms with Crippen LogP contribution in [-0.4, -0.2) is 25.0 Å². The molecule has 4 rings (SSSR count). The molecule has 0 atom stereocenters. The average molecular weight is 322 g/mol. The van der Waals surface area contributed by atoms with E-state index >= 15 is 0 Å². The molecular formula is C16H14N6O2. The monoisotopic (exact) mass is 322 g/mol. The molecule has 24 heavy (non-hydrogen) atoms. The third kappa shape index (κ3) is 3.02. The van der Waals surface area contributed by atoms with Crippen LogP contribution >= 0.6 is 0 Å². The summed E-state index contributed by atoms with van der Waals surface area (Å²) in [6.07, 6.45) is 5.43. The lowest BCUT2D eigenvalue weighted by molar-refractivity contribution is 0.555. The number of fused-ring (bicyclic) bond motifs is 1. The van der Waals surface area contributed by atoms with E-state index in [0.29, 0.717) is 24.2 Å². The Balaban J connectivity index is 1.42. The number of nitrogens with one attached hydrogen (secondary N) is 2. The number of aromatic amines is 1. The molecule has 8 nitrogen and oxygen atoms in total. The second-order valence-electron chi connectivity index (χ2n) is 5.35. The van der Waals surface area contributed by atoms with Crippen LogP contribution in [0.1, 0.15) is 11.3 Å². The normalized spacial score (nSPS) is 11.0. The van der Waals surface area contributed by atoms with Gasteiger partial charge in [-0.3, -0.25) is 9.97 Å². The second kappa shape index (κ2) is 5.99. The van der Waals surface area contributed by atoms with Gasteiger partial charge in [0.1, 0.15) is 5.69 Å². The number of aromatic nitrogens is 5. The van der Waals surface area contributed by atoms with Gasteiger partial charge in [-0.25, -0.2) is 9.48 Å². The minimum atomic E-state index is -0.458. The van der Waals surface area contributed by atoms with E-state index in [1.165, 1.54) is 0 Å². The van der Waals surface area contributed by atoms with Gasteiger partial charge >= 0.3 is 5.76 Å². The number of anilines is 1. The Morgan fingerprint density at radius 3 is 3.12 bits per heavy atom. The summed E-state index contributed by atoms with van der Waals surface area (Å²) in [4.78, 5) is 17.9. The van der Waals surface area contributed by atoms with Crippen LogP contribution in [0.5, 0.6) is 0 Å². The molecule has 0 amide bonds. The van der Waals surface area contributed by atoms with Gasteiger partial charge in [0.2, 0.25) is 0 Å². The van der Waals surface area contributed by atoms with E-state index in [-0.39, 0.29) is 0 Å². The lowest BCUT2D eigenvalue weighted by atomic mass is 10.3. The molecule has 120 valence electrons. The van der Waals surface area contributed by atoms with Crippen LogP contribution in [0, 0.1) is 0 Å². The molecule has 0 spiro atoms. The summed E-state index contributed by atoms with van der Waals surface area (Å²) in [6.45, 7) is 1.16. The van der Waals surface area contributed by atoms with Gasteiger partial charge in [-0.05, 0) is 29.8 Å². The van der Waals surface area contributed by atoms with Gasteiger partial charge in [0, 0.05) is 18.1 Å². The molecule has 3 aromatic heterocycles. The first kappa shape index (κ1) is 14.2. The largest absolute Gasteiger partial charge is 0.417 e. The molecule has 0 aliphatic rings. The molecular weight excluding hydrogens is 308 g/mol. The van der Waals surface area contributed by atoms with Crippen molar-refractivity contribution in [2.45, 2.75) is 13.1 Å². The van der Waals surface area contributed by atoms with Gasteiger partial charge in [0.15, 0.2) is 5.58 Å². The van der Waals surface area contributed by atoms with Crippen molar-refractivity contribution in [1.29, 1.82) is 0 Å². The fourth-order valence-electron chi connectivity index (χ4n) is 2.43. The van der Waals surface area contributed by atoms with Gasteiger partial charge in [-0.15, -0.1) is 5.10 Å². The van der Waals surface area contributed by atoms with Crippen molar-refractivity contribution in [1.82, 2.24) is 25.0 Å². The highest BCUT2D eigenvalue weighted by Crippen LogP contribution is 2.16. The SMILES string of the molecule is O=c1[nH]c2cc(NCc3cn(Cc4cccnc4)nn3)ccc2o1. The first-order valence-electron chi connectivity index (χ1n) is 7.41. The summed E-state index contributed by atoms with van der Waals surface area (Å²) in [5.41, 5.74) is 3.94. The number of hydrogen-bond donors (Lipinski definition) is 2. The van der Waals surface area contributed by atoms with Crippen LogP contribution in [0.25, 0.3) is 11.1 Å². The zero-order valence-electron chi connectivity index (χ0n) is 12.6. The predicted octanol–water partition coefficient (Wildman–Crippen LogP) is 1.77. The van der Waals surface area contributed by atoms with Gasteiger partial charge in [0.05, 0.1) is 24.8 Å². The molecule has 0 saturated carbocycles. The third-order valence-corrected chi connectivity index (χ3v) is 3.55. The van der Waals surface area contributed by atoms with Gasteiger partial charge in [0.25, 0.3) is 0 Å². The molecule has 0 bridgehead atoms. The van der Waals surface area contributed by atoms with Crippen molar-refractivity contribution in [3.63, 3.8) is 0 Å². The third-order valence-electron chi connectivity index (χ3n) is 3.55. The number of H-pyrrole nitrogens is 1. The van der Waals surface area contributed by atoms with Crippen molar-refractivity contribution >= 4 is 16.8 Å². The molecule has 3 heterocycles. The van der Waals surface area contributed by atoms with Crippen molar-refractivity contribution in [3.05, 3.63) is 70.7 Å². The maximum atomic E-state index is 11.2. The number of oxazole rings is 1. The predicted molar refractivity (Wildman–Crippen MR) is 87.5 cm³/mol. The summed E-state index contributed by atoms with van der Waals surface area (Å²) >= 11 is 0. The molecule has 0 aliphatic heterocycles. The van der Waals surface area contributed by atoms with Crippen LogP contribution in [0.4, 0.5) is 5.69 Å². The fraction of sp³-hybridized carbons (Fsp3) is 0.125. The Hall–Kier alpha value is -3.42. The minimum Gasteiger partial charge on any atom is -0.408 e. The Bertz CT molecular complexity index is 1020. The Labute approximate surface area is 136 Å². The van der Waals surface area contributed by atoms with E-state index in [1.54, 1.807) is 23.1 Å². The highest BCUT2D eigenvalue weighted by Gasteiger charge is 2.04. The topological polar surface area (TPSA) is 102 Å². The quantitative estimate of drug-likeness (QED) is 0.580. The number of rotatable bonds is 5. The molecule has 2 N–H and O–H groups in total. The van der Waals surface area contributed by atoms with Crippen molar-refractivity contribution in [3.8, 4) is 0 Å². The van der Waals surface area contributed by atoms with E-state index in [2.05, 4.69) is 25.6 Å². The molecule has 4 aromatic rings. The lowest BCUT2D eigenvalue weighted by Crippen LogP contribution is -2.01. The molecule has 8 heteroatoms. The van der Waals surface area contributed by atoms with Crippen molar-refractivity contribution < 1.29 is 4.42 Å². The molecule has 0 radical (unpaired) electrons. The van der Waals surface area contributed by atoms with Gasteiger partial charge in [-0.2, -0.15) is 0 Å². The van der Waals surface area contributed by atoms with Gasteiger partial charge < -0.3 is 9.73 Å². The molecule has 0 fully saturated rings. The highest BCUT2D eigenvalue weighted by atomic mass is 16.4. The van der Waals surface area contributed by atoms with Crippen LogP contribution < -0.4 is 11.1 Å². The van der Waals surface area contributed by atoms with Crippen molar-refractivity contribution in [2.75, 3.05) is 5.32 Å². The average Bonchev–Trinajstić information content (AvgIpc) is 3.18. The van der Waals surface area contributed by atoms with E-state index in [1.807, 2.05) is 30.5 Å². The van der Waals surface area contributed by atoms with E-state index in [9.17, 15) is 4.79 Å². The van der Waals surface area contributed by atoms with Gasteiger partial charge in [-0.1, -0.05) is 11.3 Å². The summed E-state index contributed by atoms with van der Waals surface area (Å²) in [6, 6.07) is 9.30. The number of benzene rings is 1. The second-order valence-corrected chi connectivity index (χ2v) is 5.35. The van der Waals surface area contributed by atoms with Crippen molar-refractivity contribution in [2.24, 2.45) is 0 Å². The summed E-state index contributed by atoms with van der Waals surface area (Å²) in [7, 11) is 0. The zero-order valence-corrected chi connectivity index (χ0v) is 12.6. The maximum Gasteiger partial charge on any atom is 0.417 e. The lowest BCUT2D eigenvalue weighted by Gasteiger charge is -2.03. The Morgan fingerprint density at radius 1 is 1.29 bits per heavy atom. The molecule has 0 saturated heterocycles. The standard InChI is InChI=1S/C16H14N6O2/c23-16-19-14-6-12(3-4-15(14)24-16)18-8-13-10-22(21-20-13)9-11-2-1-5-17-7-11/h1-7,10,18H,8-9H2,(H,19,23). The summed E-state index contributed by atoms with van der Waals surface area (Å²) in [5.74, 6) is -0.458. The fourth-order valence-corrected chi connectivity index (χ4v) is 2.43. The molecule has 0 aliphatic carbocycles. The van der Waals surface area contributed by atoms with Crippen LogP contribution in [-0.2, 0) is 13.1 Å². The number of nitrogens with zero attached hydrogens (tertiary/aromatic N) is 4. The van der Waals surface area contributed by atoms with E-state index in [4.69, 9.17) is 4.42 Å². The zero-order chi connectivity index (χ0) is 16.4. The number of hydrogen-bond acceptors (Lipinski definition) is 6. The number of pyridine rings is 1. The summed E-state index contributed by atoms with van der Waals surface area (Å²) < 4.78 is 6.74. The highest BCUT2D eigenvalue weighted by molar-refractivity contribution is 5.76. The molecule has 0 unspecified atom stereocenters. The first-order chi connectivity index (χ1) is 11.8. The summed E-state index contributed by atoms with van der Waals surface area (Å²) in [5, 5.41) is 11.5. The van der Waals surface area contributed by atoms with E-state index in [0.717, 1.165) is 16.9 Å². The minimum absolute atomic E-state index is 0.458. The Morgan fingerprint density at radius 2 is 2.25 bits per heavy atom. The van der Waals surface area contributed by atoms with Crippen LogP contribution in [0.15, 0.2) is 58.1 Å².